The molecular weight excluding hydrogens is 228 g/mol. The van der Waals surface area contributed by atoms with E-state index in [1.165, 1.54) is 32.5 Å². The van der Waals surface area contributed by atoms with E-state index >= 15 is 0 Å². The molecule has 0 radical (unpaired) electrons. The minimum absolute atomic E-state index is 0.309. The second kappa shape index (κ2) is 5.45. The van der Waals surface area contributed by atoms with Gasteiger partial charge in [0.15, 0.2) is 0 Å². The van der Waals surface area contributed by atoms with Crippen molar-refractivity contribution in [3.8, 4) is 0 Å². The fourth-order valence-corrected chi connectivity index (χ4v) is 3.76. The van der Waals surface area contributed by atoms with Gasteiger partial charge in [0.2, 0.25) is 0 Å². The molecule has 1 saturated carbocycles. The predicted octanol–water partition coefficient (Wildman–Crippen LogP) is 0.866. The van der Waals surface area contributed by atoms with Gasteiger partial charge in [-0.05, 0) is 44.7 Å². The number of nitrogens with zero attached hydrogens (tertiary/aromatic N) is 1. The van der Waals surface area contributed by atoms with Crippen LogP contribution < -0.4 is 5.32 Å². The van der Waals surface area contributed by atoms with Crippen LogP contribution in [0.3, 0.4) is 0 Å². The van der Waals surface area contributed by atoms with Crippen molar-refractivity contribution in [3.63, 3.8) is 0 Å². The summed E-state index contributed by atoms with van der Waals surface area (Å²) < 4.78 is 11.2. The number of piperidine rings is 1. The third-order valence-corrected chi connectivity index (χ3v) is 5.03. The molecule has 3 fully saturated rings. The van der Waals surface area contributed by atoms with Gasteiger partial charge in [0.25, 0.3) is 0 Å². The molecular formula is C14H26N2O2. The Balaban J connectivity index is 1.58. The average Bonchev–Trinajstić information content (AvgIpc) is 2.38. The molecule has 1 spiro atoms. The van der Waals surface area contributed by atoms with Crippen LogP contribution in [0.4, 0.5) is 0 Å². The first-order chi connectivity index (χ1) is 8.82. The summed E-state index contributed by atoms with van der Waals surface area (Å²) in [6, 6.07) is 0. The summed E-state index contributed by atoms with van der Waals surface area (Å²) in [6.07, 6.45) is 5.45. The van der Waals surface area contributed by atoms with E-state index in [-0.39, 0.29) is 0 Å². The SMILES string of the molecule is COC1CC2(COCCN2CC2CCNCC2)C1. The van der Waals surface area contributed by atoms with Crippen LogP contribution in [-0.4, -0.2) is 63.0 Å². The highest BCUT2D eigenvalue weighted by Crippen LogP contribution is 2.42. The molecule has 0 amide bonds. The highest BCUT2D eigenvalue weighted by Gasteiger charge is 2.50. The van der Waals surface area contributed by atoms with E-state index in [0.29, 0.717) is 11.6 Å². The van der Waals surface area contributed by atoms with Crippen molar-refractivity contribution in [2.75, 3.05) is 46.5 Å². The highest BCUT2D eigenvalue weighted by molar-refractivity contribution is 5.05. The maximum absolute atomic E-state index is 5.73. The Kier molecular flexibility index (Phi) is 3.89. The summed E-state index contributed by atoms with van der Waals surface area (Å²) in [5, 5.41) is 3.45. The molecule has 0 unspecified atom stereocenters. The molecule has 4 heteroatoms. The molecule has 1 aliphatic carbocycles. The Hall–Kier alpha value is -0.160. The zero-order chi connectivity index (χ0) is 12.4. The fourth-order valence-electron chi connectivity index (χ4n) is 3.76. The largest absolute Gasteiger partial charge is 0.381 e. The molecule has 0 bridgehead atoms. The van der Waals surface area contributed by atoms with Crippen LogP contribution in [0.5, 0.6) is 0 Å². The molecule has 0 aromatic heterocycles. The topological polar surface area (TPSA) is 33.7 Å². The number of morpholine rings is 1. The van der Waals surface area contributed by atoms with Crippen molar-refractivity contribution in [3.05, 3.63) is 0 Å². The number of hydrogen-bond donors (Lipinski definition) is 1. The van der Waals surface area contributed by atoms with E-state index in [2.05, 4.69) is 10.2 Å². The summed E-state index contributed by atoms with van der Waals surface area (Å²) in [5.41, 5.74) is 0.309. The lowest BCUT2D eigenvalue weighted by molar-refractivity contribution is -0.162. The third-order valence-electron chi connectivity index (χ3n) is 5.03. The molecule has 4 nitrogen and oxygen atoms in total. The second-order valence-electron chi connectivity index (χ2n) is 6.18. The molecule has 2 saturated heterocycles. The van der Waals surface area contributed by atoms with Crippen LogP contribution in [0.25, 0.3) is 0 Å². The molecule has 3 aliphatic rings. The number of hydrogen-bond acceptors (Lipinski definition) is 4. The Morgan fingerprint density at radius 2 is 2.11 bits per heavy atom. The lowest BCUT2D eigenvalue weighted by Crippen LogP contribution is -2.66. The van der Waals surface area contributed by atoms with Gasteiger partial charge < -0.3 is 14.8 Å². The normalized spacial score (nSPS) is 38.8. The van der Waals surface area contributed by atoms with Crippen molar-refractivity contribution in [2.24, 2.45) is 5.92 Å². The Labute approximate surface area is 110 Å². The van der Waals surface area contributed by atoms with E-state index in [9.17, 15) is 0 Å². The van der Waals surface area contributed by atoms with E-state index in [1.807, 2.05) is 7.11 Å². The molecule has 1 N–H and O–H groups in total. The average molecular weight is 254 g/mol. The molecule has 2 aliphatic heterocycles. The van der Waals surface area contributed by atoms with Gasteiger partial charge in [-0.15, -0.1) is 0 Å². The molecule has 0 aromatic carbocycles. The van der Waals surface area contributed by atoms with Crippen molar-refractivity contribution < 1.29 is 9.47 Å². The molecule has 104 valence electrons. The molecule has 2 heterocycles. The van der Waals surface area contributed by atoms with Gasteiger partial charge in [-0.25, -0.2) is 0 Å². The number of ether oxygens (including phenoxy) is 2. The first-order valence-corrected chi connectivity index (χ1v) is 7.39. The third kappa shape index (κ3) is 2.44. The van der Waals surface area contributed by atoms with Crippen LogP contribution in [0, 0.1) is 5.92 Å². The van der Waals surface area contributed by atoms with Gasteiger partial charge >= 0.3 is 0 Å². The Morgan fingerprint density at radius 3 is 2.83 bits per heavy atom. The van der Waals surface area contributed by atoms with Crippen molar-refractivity contribution in [1.29, 1.82) is 0 Å². The predicted molar refractivity (Wildman–Crippen MR) is 70.7 cm³/mol. The monoisotopic (exact) mass is 254 g/mol. The minimum Gasteiger partial charge on any atom is -0.381 e. The first-order valence-electron chi connectivity index (χ1n) is 7.39. The lowest BCUT2D eigenvalue weighted by Gasteiger charge is -2.56. The Morgan fingerprint density at radius 1 is 1.33 bits per heavy atom. The lowest BCUT2D eigenvalue weighted by atomic mass is 9.72. The molecule has 0 atom stereocenters. The van der Waals surface area contributed by atoms with E-state index in [0.717, 1.165) is 38.5 Å². The number of methoxy groups -OCH3 is 1. The number of nitrogens with one attached hydrogen (secondary N) is 1. The Bertz CT molecular complexity index is 273. The van der Waals surface area contributed by atoms with Crippen LogP contribution >= 0.6 is 0 Å². The van der Waals surface area contributed by atoms with Crippen molar-refractivity contribution >= 4 is 0 Å². The van der Waals surface area contributed by atoms with Gasteiger partial charge in [-0.2, -0.15) is 0 Å². The molecule has 18 heavy (non-hydrogen) atoms. The number of rotatable bonds is 3. The minimum atomic E-state index is 0.309. The van der Waals surface area contributed by atoms with E-state index in [1.54, 1.807) is 0 Å². The van der Waals surface area contributed by atoms with Crippen LogP contribution in [0.2, 0.25) is 0 Å². The first kappa shape index (κ1) is 12.9. The van der Waals surface area contributed by atoms with Crippen LogP contribution in [-0.2, 0) is 9.47 Å². The summed E-state index contributed by atoms with van der Waals surface area (Å²) >= 11 is 0. The molecule has 0 aromatic rings. The quantitative estimate of drug-likeness (QED) is 0.810. The van der Waals surface area contributed by atoms with Crippen molar-refractivity contribution in [2.45, 2.75) is 37.3 Å². The van der Waals surface area contributed by atoms with E-state index in [4.69, 9.17) is 9.47 Å². The zero-order valence-corrected chi connectivity index (χ0v) is 11.5. The van der Waals surface area contributed by atoms with Gasteiger partial charge in [0.05, 0.1) is 19.3 Å². The maximum atomic E-state index is 5.73. The second-order valence-corrected chi connectivity index (χ2v) is 6.18. The highest BCUT2D eigenvalue weighted by atomic mass is 16.5. The summed E-state index contributed by atoms with van der Waals surface area (Å²) in [4.78, 5) is 2.71. The van der Waals surface area contributed by atoms with Gasteiger partial charge in [-0.1, -0.05) is 0 Å². The van der Waals surface area contributed by atoms with Crippen molar-refractivity contribution in [1.82, 2.24) is 10.2 Å². The van der Waals surface area contributed by atoms with Gasteiger partial charge in [-0.3, -0.25) is 4.90 Å². The standard InChI is InChI=1S/C14H26N2O2/c1-17-13-8-14(9-13)11-18-7-6-16(14)10-12-2-4-15-5-3-12/h12-13,15H,2-11H2,1H3. The smallest absolute Gasteiger partial charge is 0.0653 e. The van der Waals surface area contributed by atoms with Gasteiger partial charge in [0, 0.05) is 25.7 Å². The van der Waals surface area contributed by atoms with Gasteiger partial charge in [0.1, 0.15) is 0 Å². The maximum Gasteiger partial charge on any atom is 0.0653 e. The van der Waals surface area contributed by atoms with Crippen LogP contribution in [0.15, 0.2) is 0 Å². The molecule has 3 rings (SSSR count). The summed E-state index contributed by atoms with van der Waals surface area (Å²) in [7, 11) is 1.83. The van der Waals surface area contributed by atoms with Crippen LogP contribution in [0.1, 0.15) is 25.7 Å². The summed E-state index contributed by atoms with van der Waals surface area (Å²) in [6.45, 7) is 6.59. The summed E-state index contributed by atoms with van der Waals surface area (Å²) in [5.74, 6) is 0.878. The van der Waals surface area contributed by atoms with E-state index < -0.39 is 0 Å². The zero-order valence-electron chi connectivity index (χ0n) is 11.5. The fraction of sp³-hybridized carbons (Fsp3) is 1.00.